The second-order valence-corrected chi connectivity index (χ2v) is 6.14. The molecule has 1 unspecified atom stereocenters. The van der Waals surface area contributed by atoms with E-state index in [1.807, 2.05) is 19.9 Å². The Morgan fingerprint density at radius 1 is 1.43 bits per heavy atom. The highest BCUT2D eigenvalue weighted by molar-refractivity contribution is 5.77. The monoisotopic (exact) mass is 317 g/mol. The molecule has 1 fully saturated rings. The molecule has 1 aliphatic heterocycles. The molecule has 0 saturated carbocycles. The van der Waals surface area contributed by atoms with Crippen molar-refractivity contribution in [3.05, 3.63) is 47.4 Å². The number of likely N-dealkylation sites (tertiary alicyclic amines) is 1. The van der Waals surface area contributed by atoms with E-state index in [0.717, 1.165) is 12.0 Å². The lowest BCUT2D eigenvalue weighted by molar-refractivity contribution is -0.139. The molecule has 0 radical (unpaired) electrons. The van der Waals surface area contributed by atoms with Crippen molar-refractivity contribution in [1.82, 2.24) is 15.1 Å². The number of hydrogen-bond donors (Lipinski definition) is 0. The lowest BCUT2D eigenvalue weighted by atomic mass is 9.94. The SMILES string of the molecule is CC(C)c1nnc(CCC(=O)N2CCC2c2cccc(F)c2)o1. The topological polar surface area (TPSA) is 59.2 Å². The molecule has 1 atom stereocenters. The lowest BCUT2D eigenvalue weighted by Crippen LogP contribution is -2.45. The molecule has 1 amide bonds. The van der Waals surface area contributed by atoms with Crippen LogP contribution >= 0.6 is 0 Å². The van der Waals surface area contributed by atoms with E-state index in [-0.39, 0.29) is 23.7 Å². The minimum atomic E-state index is -0.270. The largest absolute Gasteiger partial charge is 0.425 e. The molecule has 1 saturated heterocycles. The fraction of sp³-hybridized carbons (Fsp3) is 0.471. The Morgan fingerprint density at radius 3 is 2.87 bits per heavy atom. The quantitative estimate of drug-likeness (QED) is 0.849. The zero-order chi connectivity index (χ0) is 16.4. The third-order valence-electron chi connectivity index (χ3n) is 4.10. The fourth-order valence-electron chi connectivity index (χ4n) is 2.70. The summed E-state index contributed by atoms with van der Waals surface area (Å²) in [6.45, 7) is 4.67. The van der Waals surface area contributed by atoms with Crippen LogP contribution in [0.25, 0.3) is 0 Å². The van der Waals surface area contributed by atoms with Crippen molar-refractivity contribution < 1.29 is 13.6 Å². The van der Waals surface area contributed by atoms with Gasteiger partial charge >= 0.3 is 0 Å². The van der Waals surface area contributed by atoms with Crippen molar-refractivity contribution in [2.45, 2.75) is 45.1 Å². The molecule has 23 heavy (non-hydrogen) atoms. The van der Waals surface area contributed by atoms with Crippen LogP contribution < -0.4 is 0 Å². The molecule has 2 aromatic rings. The highest BCUT2D eigenvalue weighted by atomic mass is 19.1. The van der Waals surface area contributed by atoms with Gasteiger partial charge in [0, 0.05) is 25.3 Å². The summed E-state index contributed by atoms with van der Waals surface area (Å²) in [7, 11) is 0. The van der Waals surface area contributed by atoms with Crippen molar-refractivity contribution in [1.29, 1.82) is 0 Å². The van der Waals surface area contributed by atoms with Crippen molar-refractivity contribution >= 4 is 5.91 Å². The van der Waals surface area contributed by atoms with E-state index < -0.39 is 0 Å². The Bertz CT molecular complexity index is 699. The van der Waals surface area contributed by atoms with Crippen LogP contribution in [0.15, 0.2) is 28.7 Å². The van der Waals surface area contributed by atoms with Gasteiger partial charge in [-0.15, -0.1) is 10.2 Å². The van der Waals surface area contributed by atoms with Crippen LogP contribution in [0.4, 0.5) is 4.39 Å². The minimum absolute atomic E-state index is 0.0212. The summed E-state index contributed by atoms with van der Waals surface area (Å²) in [6, 6.07) is 6.43. The first-order valence-electron chi connectivity index (χ1n) is 7.92. The van der Waals surface area contributed by atoms with Gasteiger partial charge in [-0.1, -0.05) is 26.0 Å². The Morgan fingerprint density at radius 2 is 2.26 bits per heavy atom. The van der Waals surface area contributed by atoms with Gasteiger partial charge in [0.05, 0.1) is 6.04 Å². The first kappa shape index (κ1) is 15.6. The van der Waals surface area contributed by atoms with Crippen LogP contribution in [-0.2, 0) is 11.2 Å². The smallest absolute Gasteiger partial charge is 0.223 e. The van der Waals surface area contributed by atoms with Crippen LogP contribution in [0.5, 0.6) is 0 Å². The number of amides is 1. The van der Waals surface area contributed by atoms with Crippen LogP contribution in [0.3, 0.4) is 0 Å². The molecule has 0 aliphatic carbocycles. The maximum Gasteiger partial charge on any atom is 0.223 e. The summed E-state index contributed by atoms with van der Waals surface area (Å²) in [5.74, 6) is 1.03. The predicted octanol–water partition coefficient (Wildman–Crippen LogP) is 3.24. The van der Waals surface area contributed by atoms with E-state index in [4.69, 9.17) is 4.42 Å². The molecule has 1 aromatic carbocycles. The highest BCUT2D eigenvalue weighted by Gasteiger charge is 2.33. The maximum absolute atomic E-state index is 13.3. The number of rotatable bonds is 5. The van der Waals surface area contributed by atoms with E-state index in [1.54, 1.807) is 11.0 Å². The zero-order valence-electron chi connectivity index (χ0n) is 13.3. The summed E-state index contributed by atoms with van der Waals surface area (Å²) in [4.78, 5) is 14.1. The minimum Gasteiger partial charge on any atom is -0.425 e. The van der Waals surface area contributed by atoms with E-state index in [1.165, 1.54) is 12.1 Å². The Hall–Kier alpha value is -2.24. The van der Waals surface area contributed by atoms with Gasteiger partial charge in [-0.3, -0.25) is 4.79 Å². The molecule has 0 N–H and O–H groups in total. The van der Waals surface area contributed by atoms with Crippen LogP contribution in [-0.4, -0.2) is 27.5 Å². The number of aromatic nitrogens is 2. The molecule has 2 heterocycles. The van der Waals surface area contributed by atoms with Crippen LogP contribution in [0.1, 0.15) is 56.0 Å². The number of carbonyl (C=O) groups excluding carboxylic acids is 1. The second kappa shape index (κ2) is 6.48. The van der Waals surface area contributed by atoms with E-state index in [2.05, 4.69) is 10.2 Å². The Labute approximate surface area is 134 Å². The van der Waals surface area contributed by atoms with Gasteiger partial charge in [-0.2, -0.15) is 0 Å². The van der Waals surface area contributed by atoms with Gasteiger partial charge in [-0.05, 0) is 24.1 Å². The fourth-order valence-corrected chi connectivity index (χ4v) is 2.70. The molecule has 0 bridgehead atoms. The number of nitrogens with zero attached hydrogens (tertiary/aromatic N) is 3. The van der Waals surface area contributed by atoms with Crippen molar-refractivity contribution in [3.8, 4) is 0 Å². The molecule has 5 nitrogen and oxygen atoms in total. The summed E-state index contributed by atoms with van der Waals surface area (Å²) >= 11 is 0. The molecule has 122 valence electrons. The molecule has 6 heteroatoms. The number of hydrogen-bond acceptors (Lipinski definition) is 4. The number of carbonyl (C=O) groups is 1. The number of benzene rings is 1. The Balaban J connectivity index is 1.58. The average Bonchev–Trinajstić information content (AvgIpc) is 2.93. The molecule has 1 aliphatic rings. The molecule has 1 aromatic heterocycles. The summed E-state index contributed by atoms with van der Waals surface area (Å²) in [5.41, 5.74) is 0.851. The zero-order valence-corrected chi connectivity index (χ0v) is 13.3. The predicted molar refractivity (Wildman–Crippen MR) is 82.2 cm³/mol. The van der Waals surface area contributed by atoms with Crippen LogP contribution in [0, 0.1) is 5.82 Å². The summed E-state index contributed by atoms with van der Waals surface area (Å²) < 4.78 is 18.8. The normalized spacial score (nSPS) is 17.4. The van der Waals surface area contributed by atoms with Gasteiger partial charge in [-0.25, -0.2) is 4.39 Å². The van der Waals surface area contributed by atoms with Gasteiger partial charge < -0.3 is 9.32 Å². The van der Waals surface area contributed by atoms with Gasteiger partial charge in [0.25, 0.3) is 0 Å². The lowest BCUT2D eigenvalue weighted by Gasteiger charge is -2.41. The number of aryl methyl sites for hydroxylation is 1. The Kier molecular flexibility index (Phi) is 4.41. The van der Waals surface area contributed by atoms with Gasteiger partial charge in [0.15, 0.2) is 0 Å². The van der Waals surface area contributed by atoms with E-state index in [0.29, 0.717) is 31.2 Å². The van der Waals surface area contributed by atoms with E-state index in [9.17, 15) is 9.18 Å². The average molecular weight is 317 g/mol. The van der Waals surface area contributed by atoms with E-state index >= 15 is 0 Å². The standard InChI is InChI=1S/C17H20FN3O2/c1-11(2)17-20-19-15(23-17)6-7-16(22)21-9-8-14(21)12-4-3-5-13(18)10-12/h3-5,10-11,14H,6-9H2,1-2H3. The van der Waals surface area contributed by atoms with Gasteiger partial charge in [0.2, 0.25) is 17.7 Å². The van der Waals surface area contributed by atoms with Gasteiger partial charge in [0.1, 0.15) is 5.82 Å². The molecule has 0 spiro atoms. The summed E-state index contributed by atoms with van der Waals surface area (Å²) in [6.07, 6.45) is 1.63. The summed E-state index contributed by atoms with van der Waals surface area (Å²) in [5, 5.41) is 7.93. The maximum atomic E-state index is 13.3. The van der Waals surface area contributed by atoms with Crippen molar-refractivity contribution in [2.24, 2.45) is 0 Å². The second-order valence-electron chi connectivity index (χ2n) is 6.14. The third-order valence-corrected chi connectivity index (χ3v) is 4.10. The highest BCUT2D eigenvalue weighted by Crippen LogP contribution is 2.34. The first-order chi connectivity index (χ1) is 11.0. The first-order valence-corrected chi connectivity index (χ1v) is 7.92. The van der Waals surface area contributed by atoms with Crippen molar-refractivity contribution in [3.63, 3.8) is 0 Å². The molecule has 3 rings (SSSR count). The molecular formula is C17H20FN3O2. The number of halogens is 1. The van der Waals surface area contributed by atoms with Crippen molar-refractivity contribution in [2.75, 3.05) is 6.54 Å². The third kappa shape index (κ3) is 3.41. The van der Waals surface area contributed by atoms with Crippen LogP contribution in [0.2, 0.25) is 0 Å². The molecular weight excluding hydrogens is 297 g/mol.